The number of carbonyl (C=O) groups is 2. The molecule has 33 heavy (non-hydrogen) atoms. The smallest absolute Gasteiger partial charge is 0.338 e. The van der Waals surface area contributed by atoms with Crippen LogP contribution in [0.4, 0.5) is 5.69 Å². The molecule has 0 radical (unpaired) electrons. The molecule has 1 amide bonds. The fraction of sp³-hybridized carbons (Fsp3) is 0.148. The Morgan fingerprint density at radius 1 is 0.879 bits per heavy atom. The molecule has 1 heterocycles. The number of rotatable bonds is 8. The van der Waals surface area contributed by atoms with E-state index < -0.39 is 5.97 Å². The van der Waals surface area contributed by atoms with E-state index >= 15 is 0 Å². The lowest BCUT2D eigenvalue weighted by Gasteiger charge is -2.23. The lowest BCUT2D eigenvalue weighted by Crippen LogP contribution is -2.34. The van der Waals surface area contributed by atoms with Crippen molar-refractivity contribution in [2.24, 2.45) is 0 Å². The number of amides is 1. The standard InChI is InChI=1S/C27H24N2O4/c1-2-32-27(31)22-10-12-23(13-11-22)29(18-20-14-16-28-17-15-20)26(30)19-33-25-9-5-7-21-6-3-4-8-24(21)25/h3-17H,2,18-19H2,1H3. The monoisotopic (exact) mass is 440 g/mol. The molecule has 0 aliphatic heterocycles. The molecule has 0 N–H and O–H groups in total. The number of nitrogens with zero attached hydrogens (tertiary/aromatic N) is 2. The molecule has 0 atom stereocenters. The van der Waals surface area contributed by atoms with Crippen LogP contribution in [0.25, 0.3) is 10.8 Å². The summed E-state index contributed by atoms with van der Waals surface area (Å²) < 4.78 is 11.0. The van der Waals surface area contributed by atoms with Gasteiger partial charge in [-0.3, -0.25) is 9.78 Å². The zero-order chi connectivity index (χ0) is 23.0. The van der Waals surface area contributed by atoms with Gasteiger partial charge in [-0.25, -0.2) is 4.79 Å². The van der Waals surface area contributed by atoms with Crippen molar-refractivity contribution in [1.82, 2.24) is 4.98 Å². The van der Waals surface area contributed by atoms with E-state index in [9.17, 15) is 9.59 Å². The fourth-order valence-corrected chi connectivity index (χ4v) is 3.53. The summed E-state index contributed by atoms with van der Waals surface area (Å²) in [5, 5.41) is 2.00. The summed E-state index contributed by atoms with van der Waals surface area (Å²) >= 11 is 0. The molecule has 0 aliphatic rings. The summed E-state index contributed by atoms with van der Waals surface area (Å²) in [5.41, 5.74) is 2.02. The Balaban J connectivity index is 1.56. The number of pyridine rings is 1. The second kappa shape index (κ2) is 10.4. The number of ether oxygens (including phenoxy) is 2. The highest BCUT2D eigenvalue weighted by Gasteiger charge is 2.18. The van der Waals surface area contributed by atoms with Crippen molar-refractivity contribution in [1.29, 1.82) is 0 Å². The topological polar surface area (TPSA) is 68.7 Å². The quantitative estimate of drug-likeness (QED) is 0.360. The predicted octanol–water partition coefficient (Wildman–Crippen LogP) is 5.02. The van der Waals surface area contributed by atoms with Gasteiger partial charge in [-0.15, -0.1) is 0 Å². The molecule has 6 heteroatoms. The van der Waals surface area contributed by atoms with Crippen LogP contribution < -0.4 is 9.64 Å². The summed E-state index contributed by atoms with van der Waals surface area (Å²) in [5.74, 6) is 0.0574. The van der Waals surface area contributed by atoms with Gasteiger partial charge < -0.3 is 14.4 Å². The van der Waals surface area contributed by atoms with Gasteiger partial charge >= 0.3 is 5.97 Å². The third kappa shape index (κ3) is 5.36. The molecule has 6 nitrogen and oxygen atoms in total. The van der Waals surface area contributed by atoms with Crippen LogP contribution >= 0.6 is 0 Å². The SMILES string of the molecule is CCOC(=O)c1ccc(N(Cc2ccncc2)C(=O)COc2cccc3ccccc23)cc1. The normalized spacial score (nSPS) is 10.6. The minimum Gasteiger partial charge on any atom is -0.483 e. The van der Waals surface area contributed by atoms with E-state index in [0.29, 0.717) is 30.2 Å². The number of carbonyl (C=O) groups excluding carboxylic acids is 2. The van der Waals surface area contributed by atoms with Crippen LogP contribution in [0.1, 0.15) is 22.8 Å². The van der Waals surface area contributed by atoms with Crippen LogP contribution in [0.3, 0.4) is 0 Å². The number of fused-ring (bicyclic) bond motifs is 1. The van der Waals surface area contributed by atoms with Crippen molar-refractivity contribution >= 4 is 28.3 Å². The van der Waals surface area contributed by atoms with Gasteiger partial charge in [0.1, 0.15) is 5.75 Å². The fourth-order valence-electron chi connectivity index (χ4n) is 3.53. The molecular formula is C27H24N2O4. The van der Waals surface area contributed by atoms with Crippen LogP contribution in [0.5, 0.6) is 5.75 Å². The molecule has 4 rings (SSSR count). The van der Waals surface area contributed by atoms with Crippen LogP contribution in [0.2, 0.25) is 0 Å². The second-order valence-corrected chi connectivity index (χ2v) is 7.37. The summed E-state index contributed by atoms with van der Waals surface area (Å²) in [4.78, 5) is 30.9. The first-order valence-corrected chi connectivity index (χ1v) is 10.7. The molecule has 0 saturated heterocycles. The Bertz CT molecular complexity index is 1230. The van der Waals surface area contributed by atoms with Crippen molar-refractivity contribution in [3.63, 3.8) is 0 Å². The summed E-state index contributed by atoms with van der Waals surface area (Å²) in [6.45, 7) is 2.29. The zero-order valence-electron chi connectivity index (χ0n) is 18.3. The largest absolute Gasteiger partial charge is 0.483 e. The van der Waals surface area contributed by atoms with Crippen LogP contribution in [-0.4, -0.2) is 30.1 Å². The minimum atomic E-state index is -0.393. The maximum absolute atomic E-state index is 13.3. The van der Waals surface area contributed by atoms with Crippen LogP contribution in [-0.2, 0) is 16.1 Å². The molecule has 4 aromatic rings. The summed E-state index contributed by atoms with van der Waals surface area (Å²) in [7, 11) is 0. The second-order valence-electron chi connectivity index (χ2n) is 7.37. The average molecular weight is 440 g/mol. The minimum absolute atomic E-state index is 0.126. The Morgan fingerprint density at radius 2 is 1.61 bits per heavy atom. The van der Waals surface area contributed by atoms with Crippen molar-refractivity contribution < 1.29 is 19.1 Å². The molecule has 0 spiro atoms. The number of hydrogen-bond donors (Lipinski definition) is 0. The Labute approximate surface area is 192 Å². The van der Waals surface area contributed by atoms with Gasteiger partial charge in [-0.1, -0.05) is 36.4 Å². The molecule has 0 unspecified atom stereocenters. The number of aromatic nitrogens is 1. The number of hydrogen-bond acceptors (Lipinski definition) is 5. The number of esters is 1. The van der Waals surface area contributed by atoms with E-state index in [1.54, 1.807) is 48.5 Å². The molecule has 1 aromatic heterocycles. The van der Waals surface area contributed by atoms with E-state index in [1.807, 2.05) is 54.6 Å². The third-order valence-corrected chi connectivity index (χ3v) is 5.18. The highest BCUT2D eigenvalue weighted by Crippen LogP contribution is 2.26. The maximum atomic E-state index is 13.3. The van der Waals surface area contributed by atoms with Gasteiger partial charge in [0.25, 0.3) is 5.91 Å². The van der Waals surface area contributed by atoms with Crippen molar-refractivity contribution in [2.75, 3.05) is 18.1 Å². The van der Waals surface area contributed by atoms with Gasteiger partial charge in [-0.05, 0) is 60.3 Å². The summed E-state index contributed by atoms with van der Waals surface area (Å²) in [6.07, 6.45) is 3.38. The molecule has 3 aromatic carbocycles. The Hall–Kier alpha value is -4.19. The molecule has 166 valence electrons. The van der Waals surface area contributed by atoms with E-state index in [0.717, 1.165) is 16.3 Å². The first-order valence-electron chi connectivity index (χ1n) is 10.7. The predicted molar refractivity (Wildman–Crippen MR) is 127 cm³/mol. The number of benzene rings is 3. The van der Waals surface area contributed by atoms with Crippen molar-refractivity contribution in [3.05, 3.63) is 102 Å². The van der Waals surface area contributed by atoms with E-state index in [4.69, 9.17) is 9.47 Å². The van der Waals surface area contributed by atoms with Crippen molar-refractivity contribution in [2.45, 2.75) is 13.5 Å². The van der Waals surface area contributed by atoms with Crippen molar-refractivity contribution in [3.8, 4) is 5.75 Å². The molecular weight excluding hydrogens is 416 g/mol. The van der Waals surface area contributed by atoms with Gasteiger partial charge in [0.15, 0.2) is 6.61 Å². The van der Waals surface area contributed by atoms with E-state index in [-0.39, 0.29) is 12.5 Å². The highest BCUT2D eigenvalue weighted by atomic mass is 16.5. The van der Waals surface area contributed by atoms with E-state index in [2.05, 4.69) is 4.98 Å². The van der Waals surface area contributed by atoms with Gasteiger partial charge in [-0.2, -0.15) is 0 Å². The highest BCUT2D eigenvalue weighted by molar-refractivity contribution is 5.96. The first-order chi connectivity index (χ1) is 16.2. The molecule has 0 fully saturated rings. The Kier molecular flexibility index (Phi) is 6.95. The van der Waals surface area contributed by atoms with Crippen LogP contribution in [0, 0.1) is 0 Å². The average Bonchev–Trinajstić information content (AvgIpc) is 2.86. The van der Waals surface area contributed by atoms with E-state index in [1.165, 1.54) is 0 Å². The summed E-state index contributed by atoms with van der Waals surface area (Å²) in [6, 6.07) is 24.2. The molecule has 0 bridgehead atoms. The molecule has 0 saturated carbocycles. The maximum Gasteiger partial charge on any atom is 0.338 e. The Morgan fingerprint density at radius 3 is 2.36 bits per heavy atom. The zero-order valence-corrected chi connectivity index (χ0v) is 18.3. The van der Waals surface area contributed by atoms with Gasteiger partial charge in [0.05, 0.1) is 18.7 Å². The lowest BCUT2D eigenvalue weighted by molar-refractivity contribution is -0.120. The number of anilines is 1. The van der Waals surface area contributed by atoms with Gasteiger partial charge in [0, 0.05) is 23.5 Å². The lowest BCUT2D eigenvalue weighted by atomic mass is 10.1. The molecule has 0 aliphatic carbocycles. The first kappa shape index (κ1) is 22.0. The third-order valence-electron chi connectivity index (χ3n) is 5.18. The van der Waals surface area contributed by atoms with Gasteiger partial charge in [0.2, 0.25) is 0 Å². The van der Waals surface area contributed by atoms with Crippen LogP contribution in [0.15, 0.2) is 91.3 Å².